The van der Waals surface area contributed by atoms with Crippen LogP contribution in [0.5, 0.6) is 5.75 Å². The van der Waals surface area contributed by atoms with Gasteiger partial charge in [0.1, 0.15) is 17.7 Å². The van der Waals surface area contributed by atoms with Gasteiger partial charge in [-0.05, 0) is 24.0 Å². The molecule has 0 radical (unpaired) electrons. The summed E-state index contributed by atoms with van der Waals surface area (Å²) in [5, 5.41) is 9.35. The first-order chi connectivity index (χ1) is 8.25. The Hall–Kier alpha value is -1.13. The summed E-state index contributed by atoms with van der Waals surface area (Å²) < 4.78 is 19.0. The van der Waals surface area contributed by atoms with Gasteiger partial charge in [-0.2, -0.15) is 0 Å². The summed E-state index contributed by atoms with van der Waals surface area (Å²) in [6.45, 7) is 7.40. The third-order valence-electron chi connectivity index (χ3n) is 3.01. The zero-order valence-corrected chi connectivity index (χ0v) is 11.4. The molecule has 2 unspecified atom stereocenters. The lowest BCUT2D eigenvalue weighted by atomic mass is 9.84. The van der Waals surface area contributed by atoms with Crippen LogP contribution in [0.1, 0.15) is 26.3 Å². The second-order valence-electron chi connectivity index (χ2n) is 5.64. The van der Waals surface area contributed by atoms with Crippen molar-refractivity contribution in [2.45, 2.75) is 39.8 Å². The molecule has 3 nitrogen and oxygen atoms in total. The lowest BCUT2D eigenvalue weighted by Crippen LogP contribution is -2.49. The Labute approximate surface area is 108 Å². The summed E-state index contributed by atoms with van der Waals surface area (Å²) in [5.41, 5.74) is 6.40. The zero-order valence-electron chi connectivity index (χ0n) is 11.4. The monoisotopic (exact) mass is 255 g/mol. The smallest absolute Gasteiger partial charge is 0.137 e. The van der Waals surface area contributed by atoms with E-state index in [9.17, 15) is 9.50 Å². The molecule has 0 aromatic heterocycles. The average molecular weight is 255 g/mol. The van der Waals surface area contributed by atoms with Gasteiger partial charge in [-0.15, -0.1) is 0 Å². The van der Waals surface area contributed by atoms with Crippen LogP contribution in [0, 0.1) is 18.2 Å². The van der Waals surface area contributed by atoms with Gasteiger partial charge < -0.3 is 15.6 Å². The predicted molar refractivity (Wildman–Crippen MR) is 70.1 cm³/mol. The zero-order chi connectivity index (χ0) is 13.9. The van der Waals surface area contributed by atoms with Crippen molar-refractivity contribution < 1.29 is 14.2 Å². The number of aryl methyl sites for hydroxylation is 1. The standard InChI is InChI=1S/C14H22FNO2/c1-9-5-6-10(7-11(9)15)18-12(8-17)13(16)14(2,3)4/h5-7,12-13,17H,8,16H2,1-4H3. The maximum Gasteiger partial charge on any atom is 0.137 e. The van der Waals surface area contributed by atoms with Gasteiger partial charge in [-0.25, -0.2) is 4.39 Å². The van der Waals surface area contributed by atoms with Crippen LogP contribution in [0.25, 0.3) is 0 Å². The largest absolute Gasteiger partial charge is 0.486 e. The minimum Gasteiger partial charge on any atom is -0.486 e. The Kier molecular flexibility index (Phi) is 4.71. The summed E-state index contributed by atoms with van der Waals surface area (Å²) in [6, 6.07) is 4.29. The molecule has 0 aliphatic carbocycles. The highest BCUT2D eigenvalue weighted by molar-refractivity contribution is 5.28. The first kappa shape index (κ1) is 14.9. The summed E-state index contributed by atoms with van der Waals surface area (Å²) in [4.78, 5) is 0. The van der Waals surface area contributed by atoms with Crippen molar-refractivity contribution >= 4 is 0 Å². The van der Waals surface area contributed by atoms with Crippen molar-refractivity contribution in [1.29, 1.82) is 0 Å². The molecule has 0 amide bonds. The van der Waals surface area contributed by atoms with Gasteiger partial charge >= 0.3 is 0 Å². The van der Waals surface area contributed by atoms with Gasteiger partial charge in [0.05, 0.1) is 6.61 Å². The molecule has 0 aliphatic rings. The molecule has 2 atom stereocenters. The molecule has 0 fully saturated rings. The van der Waals surface area contributed by atoms with Crippen LogP contribution in [0.4, 0.5) is 4.39 Å². The van der Waals surface area contributed by atoms with Gasteiger partial charge in [0, 0.05) is 12.1 Å². The molecule has 1 rings (SSSR count). The molecule has 0 spiro atoms. The highest BCUT2D eigenvalue weighted by Crippen LogP contribution is 2.24. The molecule has 0 aliphatic heterocycles. The molecule has 4 heteroatoms. The maximum absolute atomic E-state index is 13.4. The van der Waals surface area contributed by atoms with E-state index in [4.69, 9.17) is 10.5 Å². The highest BCUT2D eigenvalue weighted by atomic mass is 19.1. The Morgan fingerprint density at radius 2 is 2.00 bits per heavy atom. The topological polar surface area (TPSA) is 55.5 Å². The highest BCUT2D eigenvalue weighted by Gasteiger charge is 2.30. The number of rotatable bonds is 4. The molecule has 3 N–H and O–H groups in total. The fourth-order valence-electron chi connectivity index (χ4n) is 1.60. The molecule has 18 heavy (non-hydrogen) atoms. The van der Waals surface area contributed by atoms with Crippen LogP contribution in [-0.2, 0) is 0 Å². The molecular formula is C14H22FNO2. The van der Waals surface area contributed by atoms with Gasteiger partial charge in [-0.3, -0.25) is 0 Å². The van der Waals surface area contributed by atoms with Crippen LogP contribution in [0.15, 0.2) is 18.2 Å². The first-order valence-corrected chi connectivity index (χ1v) is 6.05. The number of hydrogen-bond acceptors (Lipinski definition) is 3. The molecule has 1 aromatic carbocycles. The number of ether oxygens (including phenoxy) is 1. The van der Waals surface area contributed by atoms with Crippen molar-refractivity contribution in [3.8, 4) is 5.75 Å². The van der Waals surface area contributed by atoms with Crippen molar-refractivity contribution in [3.63, 3.8) is 0 Å². The lowest BCUT2D eigenvalue weighted by Gasteiger charge is -2.33. The van der Waals surface area contributed by atoms with Crippen molar-refractivity contribution in [2.24, 2.45) is 11.1 Å². The summed E-state index contributed by atoms with van der Waals surface area (Å²) >= 11 is 0. The summed E-state index contributed by atoms with van der Waals surface area (Å²) in [7, 11) is 0. The Bertz CT molecular complexity index is 401. The average Bonchev–Trinajstić information content (AvgIpc) is 2.28. The SMILES string of the molecule is Cc1ccc(OC(CO)C(N)C(C)(C)C)cc1F. The summed E-state index contributed by atoms with van der Waals surface area (Å²) in [5.74, 6) is 0.0605. The second kappa shape index (κ2) is 5.67. The van der Waals surface area contributed by atoms with Crippen molar-refractivity contribution in [2.75, 3.05) is 6.61 Å². The van der Waals surface area contributed by atoms with E-state index < -0.39 is 6.10 Å². The number of nitrogens with two attached hydrogens (primary N) is 1. The van der Waals surface area contributed by atoms with Crippen LogP contribution < -0.4 is 10.5 Å². The fraction of sp³-hybridized carbons (Fsp3) is 0.571. The second-order valence-corrected chi connectivity index (χ2v) is 5.64. The molecule has 1 aromatic rings. The van der Waals surface area contributed by atoms with E-state index in [2.05, 4.69) is 0 Å². The van der Waals surface area contributed by atoms with Gasteiger partial charge in [0.15, 0.2) is 0 Å². The van der Waals surface area contributed by atoms with Gasteiger partial charge in [0.2, 0.25) is 0 Å². The van der Waals surface area contributed by atoms with Crippen LogP contribution >= 0.6 is 0 Å². The normalized spacial score (nSPS) is 15.3. The third-order valence-corrected chi connectivity index (χ3v) is 3.01. The van der Waals surface area contributed by atoms with E-state index in [1.807, 2.05) is 20.8 Å². The van der Waals surface area contributed by atoms with Crippen molar-refractivity contribution in [1.82, 2.24) is 0 Å². The molecule has 102 valence electrons. The number of aliphatic hydroxyl groups is 1. The number of halogens is 1. The Morgan fingerprint density at radius 1 is 1.39 bits per heavy atom. The summed E-state index contributed by atoms with van der Waals surface area (Å²) in [6.07, 6.45) is -0.549. The Balaban J connectivity index is 2.83. The quantitative estimate of drug-likeness (QED) is 0.867. The number of benzene rings is 1. The predicted octanol–water partition coefficient (Wildman–Crippen LogP) is 2.25. The molecule has 0 bridgehead atoms. The van der Waals surface area contributed by atoms with Crippen molar-refractivity contribution in [3.05, 3.63) is 29.6 Å². The lowest BCUT2D eigenvalue weighted by molar-refractivity contribution is 0.0589. The Morgan fingerprint density at radius 3 is 2.44 bits per heavy atom. The van der Waals surface area contributed by atoms with Crippen LogP contribution in [0.2, 0.25) is 0 Å². The van der Waals surface area contributed by atoms with Gasteiger partial charge in [-0.1, -0.05) is 26.8 Å². The molecule has 0 saturated carbocycles. The van der Waals surface area contributed by atoms with E-state index in [1.165, 1.54) is 6.07 Å². The fourth-order valence-corrected chi connectivity index (χ4v) is 1.60. The van der Waals surface area contributed by atoms with Gasteiger partial charge in [0.25, 0.3) is 0 Å². The van der Waals surface area contributed by atoms with E-state index in [-0.39, 0.29) is 23.9 Å². The van der Waals surface area contributed by atoms with Crippen LogP contribution in [0.3, 0.4) is 0 Å². The minimum atomic E-state index is -0.549. The first-order valence-electron chi connectivity index (χ1n) is 6.05. The van der Waals surface area contributed by atoms with E-state index in [1.54, 1.807) is 19.1 Å². The number of aliphatic hydroxyl groups excluding tert-OH is 1. The maximum atomic E-state index is 13.4. The van der Waals surface area contributed by atoms with E-state index in [0.29, 0.717) is 11.3 Å². The van der Waals surface area contributed by atoms with Crippen LogP contribution in [-0.4, -0.2) is 23.9 Å². The molecular weight excluding hydrogens is 233 g/mol. The molecule has 0 heterocycles. The molecule has 0 saturated heterocycles. The van der Waals surface area contributed by atoms with E-state index >= 15 is 0 Å². The third kappa shape index (κ3) is 3.68. The number of hydrogen-bond donors (Lipinski definition) is 2. The van der Waals surface area contributed by atoms with E-state index in [0.717, 1.165) is 0 Å². The minimum absolute atomic E-state index is 0.198.